The fourth-order valence-electron chi connectivity index (χ4n) is 0.997. The smallest absolute Gasteiger partial charge is 0.0959 e. The van der Waals surface area contributed by atoms with Crippen LogP contribution in [-0.4, -0.2) is 29.0 Å². The molecule has 0 aliphatic rings. The first-order valence-corrected chi connectivity index (χ1v) is 3.66. The van der Waals surface area contributed by atoms with E-state index in [0.717, 1.165) is 0 Å². The van der Waals surface area contributed by atoms with E-state index < -0.39 is 17.2 Å². The van der Waals surface area contributed by atoms with Gasteiger partial charge in [0, 0.05) is 5.54 Å². The second kappa shape index (κ2) is 2.91. The van der Waals surface area contributed by atoms with Crippen molar-refractivity contribution in [2.45, 2.75) is 44.9 Å². The van der Waals surface area contributed by atoms with Crippen molar-refractivity contribution in [1.82, 2.24) is 0 Å². The molecule has 0 bridgehead atoms. The number of rotatable bonds is 3. The lowest BCUT2D eigenvalue weighted by atomic mass is 9.85. The van der Waals surface area contributed by atoms with Gasteiger partial charge in [0.15, 0.2) is 0 Å². The third kappa shape index (κ3) is 2.60. The molecule has 0 aromatic heterocycles. The van der Waals surface area contributed by atoms with Crippen molar-refractivity contribution in [3.05, 3.63) is 0 Å². The minimum Gasteiger partial charge on any atom is -0.389 e. The van der Waals surface area contributed by atoms with E-state index in [0.29, 0.717) is 0 Å². The van der Waals surface area contributed by atoms with Crippen LogP contribution in [0.4, 0.5) is 0 Å². The number of aliphatic imine (C=N–C) groups is 1. The van der Waals surface area contributed by atoms with Crippen LogP contribution in [0.1, 0.15) is 27.7 Å². The maximum absolute atomic E-state index is 9.65. The second-order valence-electron chi connectivity index (χ2n) is 4.04. The van der Waals surface area contributed by atoms with E-state index >= 15 is 0 Å². The first kappa shape index (κ1) is 10.6. The molecule has 0 aromatic rings. The number of nitrogens with two attached hydrogens (primary N) is 1. The van der Waals surface area contributed by atoms with Crippen LogP contribution in [0.3, 0.4) is 0 Å². The van der Waals surface area contributed by atoms with Gasteiger partial charge in [0.1, 0.15) is 0 Å². The molecule has 0 aromatic carbocycles. The van der Waals surface area contributed by atoms with Gasteiger partial charge >= 0.3 is 0 Å². The molecule has 0 fully saturated rings. The average molecular weight is 158 g/mol. The Morgan fingerprint density at radius 3 is 1.82 bits per heavy atom. The van der Waals surface area contributed by atoms with Crippen molar-refractivity contribution in [3.8, 4) is 0 Å². The molecule has 0 saturated carbocycles. The Balaban J connectivity index is 4.48. The van der Waals surface area contributed by atoms with E-state index in [4.69, 9.17) is 5.73 Å². The van der Waals surface area contributed by atoms with Gasteiger partial charge in [-0.3, -0.25) is 4.99 Å². The molecular formula is C8H18N2O. The number of nitrogens with zero attached hydrogens (tertiary/aromatic N) is 1. The maximum atomic E-state index is 9.65. The van der Waals surface area contributed by atoms with Crippen LogP contribution >= 0.6 is 0 Å². The molecule has 66 valence electrons. The zero-order chi connectivity index (χ0) is 9.28. The van der Waals surface area contributed by atoms with Gasteiger partial charge < -0.3 is 10.8 Å². The highest BCUT2D eigenvalue weighted by atomic mass is 16.3. The first-order valence-electron chi connectivity index (χ1n) is 3.66. The quantitative estimate of drug-likeness (QED) is 0.590. The van der Waals surface area contributed by atoms with Crippen molar-refractivity contribution in [1.29, 1.82) is 0 Å². The van der Waals surface area contributed by atoms with E-state index in [-0.39, 0.29) is 0 Å². The highest BCUT2D eigenvalue weighted by Gasteiger charge is 2.36. The molecule has 0 saturated heterocycles. The minimum absolute atomic E-state index is 0.571. The Hall–Kier alpha value is -0.410. The summed E-state index contributed by atoms with van der Waals surface area (Å²) in [5.74, 6) is 0. The van der Waals surface area contributed by atoms with Gasteiger partial charge in [-0.1, -0.05) is 0 Å². The molecule has 0 aliphatic carbocycles. The summed E-state index contributed by atoms with van der Waals surface area (Å²) >= 11 is 0. The van der Waals surface area contributed by atoms with E-state index in [1.807, 2.05) is 0 Å². The summed E-state index contributed by atoms with van der Waals surface area (Å²) in [6.45, 7) is 10.5. The molecule has 1 atom stereocenters. The van der Waals surface area contributed by atoms with Crippen molar-refractivity contribution >= 4 is 6.72 Å². The Kier molecular flexibility index (Phi) is 2.80. The molecular weight excluding hydrogens is 140 g/mol. The Morgan fingerprint density at radius 2 is 1.73 bits per heavy atom. The fourth-order valence-corrected chi connectivity index (χ4v) is 0.997. The Morgan fingerprint density at radius 1 is 1.36 bits per heavy atom. The molecule has 0 radical (unpaired) electrons. The highest BCUT2D eigenvalue weighted by molar-refractivity contribution is 5.26. The lowest BCUT2D eigenvalue weighted by Gasteiger charge is -2.35. The van der Waals surface area contributed by atoms with Crippen LogP contribution in [0, 0.1) is 0 Å². The number of aliphatic hydroxyl groups is 1. The Labute approximate surface area is 68.3 Å². The van der Waals surface area contributed by atoms with E-state index in [1.165, 1.54) is 0 Å². The lowest BCUT2D eigenvalue weighted by Crippen LogP contribution is -2.54. The molecule has 3 N–H and O–H groups in total. The summed E-state index contributed by atoms with van der Waals surface area (Å²) in [6.07, 6.45) is -0.674. The van der Waals surface area contributed by atoms with Crippen LogP contribution in [0.2, 0.25) is 0 Å². The molecule has 0 heterocycles. The van der Waals surface area contributed by atoms with Crippen molar-refractivity contribution in [2.75, 3.05) is 0 Å². The monoisotopic (exact) mass is 158 g/mol. The Bertz CT molecular complexity index is 147. The highest BCUT2D eigenvalue weighted by Crippen LogP contribution is 2.21. The summed E-state index contributed by atoms with van der Waals surface area (Å²) in [6, 6.07) is 0. The molecule has 11 heavy (non-hydrogen) atoms. The zero-order valence-corrected chi connectivity index (χ0v) is 7.76. The van der Waals surface area contributed by atoms with Crippen LogP contribution in [0.25, 0.3) is 0 Å². The predicted molar refractivity (Wildman–Crippen MR) is 47.9 cm³/mol. The predicted octanol–water partition coefficient (Wildman–Crippen LogP) is 0.564. The summed E-state index contributed by atoms with van der Waals surface area (Å²) in [5, 5.41) is 9.65. The lowest BCUT2D eigenvalue weighted by molar-refractivity contribution is 0.0462. The number of hydrogen-bond donors (Lipinski definition) is 2. The summed E-state index contributed by atoms with van der Waals surface area (Å²) in [5.41, 5.74) is 4.50. The van der Waals surface area contributed by atoms with Gasteiger partial charge in [0.2, 0.25) is 0 Å². The molecule has 3 nitrogen and oxygen atoms in total. The van der Waals surface area contributed by atoms with E-state index in [9.17, 15) is 5.11 Å². The average Bonchev–Trinajstić information content (AvgIpc) is 1.84. The summed E-state index contributed by atoms with van der Waals surface area (Å²) in [4.78, 5) is 3.81. The van der Waals surface area contributed by atoms with Crippen LogP contribution < -0.4 is 5.73 Å². The molecule has 0 rings (SSSR count). The van der Waals surface area contributed by atoms with Gasteiger partial charge in [-0.05, 0) is 34.4 Å². The van der Waals surface area contributed by atoms with Crippen LogP contribution in [0.5, 0.6) is 0 Å². The molecule has 0 aliphatic heterocycles. The normalized spacial score (nSPS) is 16.2. The topological polar surface area (TPSA) is 58.6 Å². The zero-order valence-electron chi connectivity index (χ0n) is 7.76. The van der Waals surface area contributed by atoms with Crippen molar-refractivity contribution in [2.24, 2.45) is 10.7 Å². The minimum atomic E-state index is -0.674. The standard InChI is InChI=1S/C8H18N2O/c1-7(2,9)6(11)8(3,4)10-5/h6,11H,5,9H2,1-4H3. The third-order valence-electron chi connectivity index (χ3n) is 1.78. The fraction of sp³-hybridized carbons (Fsp3) is 0.875. The number of hydrogen-bond acceptors (Lipinski definition) is 3. The summed E-state index contributed by atoms with van der Waals surface area (Å²) < 4.78 is 0. The van der Waals surface area contributed by atoms with Gasteiger partial charge in [-0.25, -0.2) is 0 Å². The molecule has 1 unspecified atom stereocenters. The SMILES string of the molecule is C=NC(C)(C)C(O)C(C)(C)N. The van der Waals surface area contributed by atoms with E-state index in [1.54, 1.807) is 27.7 Å². The van der Waals surface area contributed by atoms with Crippen LogP contribution in [-0.2, 0) is 0 Å². The summed E-state index contributed by atoms with van der Waals surface area (Å²) in [7, 11) is 0. The van der Waals surface area contributed by atoms with Gasteiger partial charge in [0.05, 0.1) is 11.6 Å². The second-order valence-corrected chi connectivity index (χ2v) is 4.04. The number of aliphatic hydroxyl groups excluding tert-OH is 1. The molecule has 0 spiro atoms. The first-order chi connectivity index (χ1) is 4.72. The van der Waals surface area contributed by atoms with Gasteiger partial charge in [-0.2, -0.15) is 0 Å². The van der Waals surface area contributed by atoms with Crippen molar-refractivity contribution < 1.29 is 5.11 Å². The van der Waals surface area contributed by atoms with Gasteiger partial charge in [0.25, 0.3) is 0 Å². The van der Waals surface area contributed by atoms with Crippen LogP contribution in [0.15, 0.2) is 4.99 Å². The molecule has 0 amide bonds. The largest absolute Gasteiger partial charge is 0.389 e. The molecule has 3 heteroatoms. The van der Waals surface area contributed by atoms with E-state index in [2.05, 4.69) is 11.7 Å². The van der Waals surface area contributed by atoms with Crippen molar-refractivity contribution in [3.63, 3.8) is 0 Å². The van der Waals surface area contributed by atoms with Gasteiger partial charge in [-0.15, -0.1) is 0 Å². The third-order valence-corrected chi connectivity index (χ3v) is 1.78. The maximum Gasteiger partial charge on any atom is 0.0959 e.